The van der Waals surface area contributed by atoms with Crippen molar-refractivity contribution in [1.29, 1.82) is 0 Å². The van der Waals surface area contributed by atoms with Crippen LogP contribution in [-0.2, 0) is 20.4 Å². The van der Waals surface area contributed by atoms with E-state index in [4.69, 9.17) is 0 Å². The van der Waals surface area contributed by atoms with E-state index in [9.17, 15) is 0 Å². The molecule has 0 aromatic rings. The molecule has 0 spiro atoms. The summed E-state index contributed by atoms with van der Waals surface area (Å²) in [5.74, 6) is 0. The van der Waals surface area contributed by atoms with Crippen molar-refractivity contribution in [2.24, 2.45) is 0 Å². The number of hydrogen-bond donors (Lipinski definition) is 0. The molecular formula is C8H22N2Pd-2. The first-order valence-corrected chi connectivity index (χ1v) is 2.92. The zero-order chi connectivity index (χ0) is 6.57. The fraction of sp³-hybridized carbons (Fsp3) is 0.750. The molecule has 0 heterocycles. The van der Waals surface area contributed by atoms with Crippen LogP contribution in [0, 0.1) is 14.9 Å². The topological polar surface area (TPSA) is 6.48 Å². The molecule has 0 atom stereocenters. The molecule has 0 unspecified atom stereocenters. The average Bonchev–Trinajstić information content (AvgIpc) is 1.61. The Labute approximate surface area is 86.6 Å². The van der Waals surface area contributed by atoms with E-state index in [1.807, 2.05) is 0 Å². The van der Waals surface area contributed by atoms with Gasteiger partial charge in [0.1, 0.15) is 0 Å². The quantitative estimate of drug-likeness (QED) is 0.546. The predicted octanol–water partition coefficient (Wildman–Crippen LogP) is 1.01. The van der Waals surface area contributed by atoms with Crippen LogP contribution in [0.5, 0.6) is 0 Å². The summed E-state index contributed by atoms with van der Waals surface area (Å²) in [6.07, 6.45) is 0. The maximum absolute atomic E-state index is 2.18. The zero-order valence-corrected chi connectivity index (χ0v) is 10.2. The second kappa shape index (κ2) is 13.2. The molecule has 0 aliphatic rings. The third kappa shape index (κ3) is 25.0. The van der Waals surface area contributed by atoms with Crippen LogP contribution in [-0.4, -0.2) is 51.1 Å². The van der Waals surface area contributed by atoms with Crippen molar-refractivity contribution in [3.8, 4) is 0 Å². The van der Waals surface area contributed by atoms with Crippen LogP contribution in [0.15, 0.2) is 0 Å². The van der Waals surface area contributed by atoms with Crippen LogP contribution in [0.3, 0.4) is 0 Å². The number of rotatable bonds is 3. The summed E-state index contributed by atoms with van der Waals surface area (Å²) in [6.45, 7) is 2.29. The fourth-order valence-electron chi connectivity index (χ4n) is 0.400. The van der Waals surface area contributed by atoms with Gasteiger partial charge in [-0.1, -0.05) is 0 Å². The molecule has 0 aromatic carbocycles. The molecule has 0 saturated carbocycles. The molecule has 2 nitrogen and oxygen atoms in total. The second-order valence-corrected chi connectivity index (χ2v) is 2.61. The van der Waals surface area contributed by atoms with Gasteiger partial charge >= 0.3 is 0 Å². The van der Waals surface area contributed by atoms with E-state index in [0.717, 1.165) is 13.1 Å². The second-order valence-electron chi connectivity index (χ2n) is 2.61. The van der Waals surface area contributed by atoms with Gasteiger partial charge in [0.15, 0.2) is 0 Å². The van der Waals surface area contributed by atoms with Crippen molar-refractivity contribution < 1.29 is 20.4 Å². The van der Waals surface area contributed by atoms with Crippen LogP contribution >= 0.6 is 0 Å². The van der Waals surface area contributed by atoms with Gasteiger partial charge in [0.05, 0.1) is 0 Å². The molecule has 0 aliphatic carbocycles. The first-order chi connectivity index (χ1) is 3.63. The summed E-state index contributed by atoms with van der Waals surface area (Å²) < 4.78 is 0. The van der Waals surface area contributed by atoms with Gasteiger partial charge in [0.2, 0.25) is 0 Å². The minimum atomic E-state index is 0. The van der Waals surface area contributed by atoms with Gasteiger partial charge in [-0.15, -0.1) is 0 Å². The molecule has 0 bridgehead atoms. The molecule has 3 heteroatoms. The molecule has 0 aromatic heterocycles. The van der Waals surface area contributed by atoms with Crippen molar-refractivity contribution in [2.45, 2.75) is 0 Å². The van der Waals surface area contributed by atoms with Crippen LogP contribution in [0.1, 0.15) is 0 Å². The predicted molar refractivity (Wildman–Crippen MR) is 49.9 cm³/mol. The Hall–Kier alpha value is 0.582. The summed E-state index contributed by atoms with van der Waals surface area (Å²) in [4.78, 5) is 4.36. The molecule has 76 valence electrons. The van der Waals surface area contributed by atoms with E-state index in [-0.39, 0.29) is 35.3 Å². The van der Waals surface area contributed by atoms with E-state index in [0.29, 0.717) is 0 Å². The van der Waals surface area contributed by atoms with Crippen molar-refractivity contribution in [3.05, 3.63) is 14.9 Å². The van der Waals surface area contributed by atoms with Crippen LogP contribution in [0.4, 0.5) is 0 Å². The van der Waals surface area contributed by atoms with Gasteiger partial charge < -0.3 is 24.7 Å². The smallest absolute Gasteiger partial charge is 0.0103 e. The van der Waals surface area contributed by atoms with Crippen LogP contribution in [0.2, 0.25) is 0 Å². The normalized spacial score (nSPS) is 8.18. The number of hydrogen-bond acceptors (Lipinski definition) is 2. The summed E-state index contributed by atoms with van der Waals surface area (Å²) in [6, 6.07) is 0. The molecule has 0 aliphatic heterocycles. The standard InChI is InChI=1S/C6H16N2.2CH3.Pd/c1-7(2)5-6-8(3)4;;;/h5-6H2,1-4H3;2*1H3;/q;2*-1;. The Bertz CT molecular complexity index is 48.1. The van der Waals surface area contributed by atoms with Gasteiger partial charge in [-0.05, 0) is 28.2 Å². The minimum Gasteiger partial charge on any atom is -0.358 e. The molecule has 0 radical (unpaired) electrons. The maximum Gasteiger partial charge on any atom is 0.0103 e. The summed E-state index contributed by atoms with van der Waals surface area (Å²) in [5, 5.41) is 0. The first kappa shape index (κ1) is 22.6. The number of nitrogens with zero attached hydrogens (tertiary/aromatic N) is 2. The SMILES string of the molecule is CN(C)CCN(C)C.[CH3-].[CH3-].[Pd]. The van der Waals surface area contributed by atoms with Gasteiger partial charge in [0, 0.05) is 33.5 Å². The van der Waals surface area contributed by atoms with Gasteiger partial charge in [-0.3, -0.25) is 0 Å². The molecule has 0 fully saturated rings. The van der Waals surface area contributed by atoms with Gasteiger partial charge in [-0.25, -0.2) is 0 Å². The minimum absolute atomic E-state index is 0. The average molecular weight is 253 g/mol. The molecule has 0 rings (SSSR count). The first-order valence-electron chi connectivity index (χ1n) is 2.92. The summed E-state index contributed by atoms with van der Waals surface area (Å²) in [5.41, 5.74) is 0. The van der Waals surface area contributed by atoms with Crippen LogP contribution < -0.4 is 0 Å². The molecule has 0 amide bonds. The Morgan fingerprint density at radius 1 is 0.727 bits per heavy atom. The Morgan fingerprint density at radius 3 is 1.00 bits per heavy atom. The van der Waals surface area contributed by atoms with Crippen LogP contribution in [0.25, 0.3) is 0 Å². The van der Waals surface area contributed by atoms with Crippen molar-refractivity contribution >= 4 is 0 Å². The molecular weight excluding hydrogens is 231 g/mol. The van der Waals surface area contributed by atoms with E-state index in [1.54, 1.807) is 0 Å². The van der Waals surface area contributed by atoms with Gasteiger partial charge in [-0.2, -0.15) is 0 Å². The zero-order valence-electron chi connectivity index (χ0n) is 8.62. The summed E-state index contributed by atoms with van der Waals surface area (Å²) >= 11 is 0. The monoisotopic (exact) mass is 252 g/mol. The Kier molecular flexibility index (Phi) is 27.1. The van der Waals surface area contributed by atoms with E-state index >= 15 is 0 Å². The Balaban J connectivity index is -0.0000000817. The van der Waals surface area contributed by atoms with Crippen molar-refractivity contribution in [1.82, 2.24) is 9.80 Å². The molecule has 11 heavy (non-hydrogen) atoms. The largest absolute Gasteiger partial charge is 0.358 e. The third-order valence-electron chi connectivity index (χ3n) is 0.994. The van der Waals surface area contributed by atoms with E-state index in [1.165, 1.54) is 0 Å². The molecule has 0 N–H and O–H groups in total. The van der Waals surface area contributed by atoms with Crippen molar-refractivity contribution in [3.63, 3.8) is 0 Å². The molecule has 0 saturated heterocycles. The van der Waals surface area contributed by atoms with Crippen molar-refractivity contribution in [2.75, 3.05) is 41.3 Å². The van der Waals surface area contributed by atoms with Gasteiger partial charge in [0.25, 0.3) is 0 Å². The summed E-state index contributed by atoms with van der Waals surface area (Å²) in [7, 11) is 8.35. The number of likely N-dealkylation sites (N-methyl/N-ethyl adjacent to an activating group) is 2. The third-order valence-corrected chi connectivity index (χ3v) is 0.994. The maximum atomic E-state index is 2.18. The van der Waals surface area contributed by atoms with E-state index in [2.05, 4.69) is 38.0 Å². The van der Waals surface area contributed by atoms with E-state index < -0.39 is 0 Å². The fourth-order valence-corrected chi connectivity index (χ4v) is 0.400. The Morgan fingerprint density at radius 2 is 0.909 bits per heavy atom.